The van der Waals surface area contributed by atoms with Crippen LogP contribution in [0.3, 0.4) is 0 Å². The fourth-order valence-corrected chi connectivity index (χ4v) is 5.38. The van der Waals surface area contributed by atoms with Crippen LogP contribution in [0, 0.1) is 22.6 Å². The summed E-state index contributed by atoms with van der Waals surface area (Å²) in [6.07, 6.45) is 0. The van der Waals surface area contributed by atoms with E-state index in [0.29, 0.717) is 5.56 Å². The molecule has 0 saturated carbocycles. The van der Waals surface area contributed by atoms with Crippen LogP contribution in [-0.4, -0.2) is 36.1 Å². The summed E-state index contributed by atoms with van der Waals surface area (Å²) in [7, 11) is -3.99. The van der Waals surface area contributed by atoms with Crippen molar-refractivity contribution in [2.75, 3.05) is 0 Å². The Balaban J connectivity index is 1.82. The van der Waals surface area contributed by atoms with Gasteiger partial charge in [0.2, 0.25) is 0 Å². The van der Waals surface area contributed by atoms with Crippen LogP contribution in [-0.2, 0) is 21.4 Å². The molecular formula is C23H20FN3O4S. The molecule has 32 heavy (non-hydrogen) atoms. The molecule has 0 saturated heterocycles. The van der Waals surface area contributed by atoms with E-state index in [2.05, 4.69) is 4.40 Å². The number of fused-ring (bicyclic) bond motifs is 1. The van der Waals surface area contributed by atoms with Gasteiger partial charge in [-0.05, 0) is 29.2 Å². The Morgan fingerprint density at radius 1 is 1.22 bits per heavy atom. The summed E-state index contributed by atoms with van der Waals surface area (Å²) in [4.78, 5) is 14.9. The number of benzene rings is 2. The normalized spacial score (nSPS) is 19.7. The molecular weight excluding hydrogens is 433 g/mol. The maximum atomic E-state index is 13.7. The Morgan fingerprint density at radius 3 is 2.56 bits per heavy atom. The first-order chi connectivity index (χ1) is 15.0. The van der Waals surface area contributed by atoms with Crippen LogP contribution in [0.5, 0.6) is 0 Å². The quantitative estimate of drug-likeness (QED) is 0.765. The summed E-state index contributed by atoms with van der Waals surface area (Å²) < 4.78 is 42.6. The van der Waals surface area contributed by atoms with Gasteiger partial charge in [-0.15, -0.1) is 0 Å². The van der Waals surface area contributed by atoms with E-state index in [-0.39, 0.29) is 39.6 Å². The number of aliphatic hydroxyl groups excluding tert-OH is 1. The molecule has 2 aromatic carbocycles. The SMILES string of the molecule is CC(C)(C)[C@H]1C(O)=C(C2=NS(=O)(=O)c3ccccc32)C(=O)N1Cc1ccc(F)c(C#N)c1. The summed E-state index contributed by atoms with van der Waals surface area (Å²) in [5, 5.41) is 20.2. The maximum Gasteiger partial charge on any atom is 0.283 e. The lowest BCUT2D eigenvalue weighted by Crippen LogP contribution is -2.43. The topological polar surface area (TPSA) is 111 Å². The fourth-order valence-electron chi connectivity index (χ4n) is 4.16. The van der Waals surface area contributed by atoms with Gasteiger partial charge in [0.05, 0.1) is 16.5 Å². The zero-order chi connectivity index (χ0) is 23.4. The number of hydrogen-bond donors (Lipinski definition) is 1. The minimum absolute atomic E-state index is 0.00896. The number of nitrogens with zero attached hydrogens (tertiary/aromatic N) is 3. The van der Waals surface area contributed by atoms with Crippen molar-refractivity contribution in [3.63, 3.8) is 0 Å². The van der Waals surface area contributed by atoms with Crippen molar-refractivity contribution in [2.24, 2.45) is 9.81 Å². The Kier molecular flexibility index (Phi) is 4.94. The van der Waals surface area contributed by atoms with E-state index in [0.717, 1.165) is 6.07 Å². The second-order valence-corrected chi connectivity index (χ2v) is 10.4. The molecule has 0 fully saturated rings. The summed E-state index contributed by atoms with van der Waals surface area (Å²) >= 11 is 0. The second kappa shape index (κ2) is 7.28. The first kappa shape index (κ1) is 21.7. The fraction of sp³-hybridized carbons (Fsp3) is 0.261. The van der Waals surface area contributed by atoms with E-state index < -0.39 is 33.2 Å². The molecule has 164 valence electrons. The van der Waals surface area contributed by atoms with E-state index >= 15 is 0 Å². The van der Waals surface area contributed by atoms with Gasteiger partial charge >= 0.3 is 0 Å². The third kappa shape index (κ3) is 3.37. The Morgan fingerprint density at radius 2 is 1.91 bits per heavy atom. The van der Waals surface area contributed by atoms with E-state index in [1.807, 2.05) is 20.8 Å². The number of amides is 1. The molecule has 7 nitrogen and oxygen atoms in total. The molecule has 2 heterocycles. The first-order valence-electron chi connectivity index (χ1n) is 9.83. The van der Waals surface area contributed by atoms with Crippen molar-refractivity contribution < 1.29 is 22.7 Å². The number of rotatable bonds is 3. The highest BCUT2D eigenvalue weighted by Gasteiger charge is 2.48. The molecule has 2 aliphatic rings. The molecule has 1 amide bonds. The van der Waals surface area contributed by atoms with E-state index in [1.54, 1.807) is 24.3 Å². The number of carbonyl (C=O) groups is 1. The lowest BCUT2D eigenvalue weighted by molar-refractivity contribution is -0.129. The van der Waals surface area contributed by atoms with Crippen molar-refractivity contribution >= 4 is 21.6 Å². The highest BCUT2D eigenvalue weighted by molar-refractivity contribution is 7.90. The van der Waals surface area contributed by atoms with Crippen LogP contribution in [0.25, 0.3) is 0 Å². The third-order valence-electron chi connectivity index (χ3n) is 5.49. The lowest BCUT2D eigenvalue weighted by Gasteiger charge is -2.35. The molecule has 2 aromatic rings. The van der Waals surface area contributed by atoms with Crippen LogP contribution in [0.4, 0.5) is 4.39 Å². The van der Waals surface area contributed by atoms with Crippen molar-refractivity contribution in [3.05, 3.63) is 76.3 Å². The highest BCUT2D eigenvalue weighted by atomic mass is 32.2. The Labute approximate surface area is 185 Å². The average molecular weight is 453 g/mol. The lowest BCUT2D eigenvalue weighted by atomic mass is 9.84. The molecule has 1 N–H and O–H groups in total. The van der Waals surface area contributed by atoms with Gasteiger partial charge in [0.25, 0.3) is 15.9 Å². The molecule has 0 aromatic heterocycles. The standard InChI is InChI=1S/C23H20FN3O4S/c1-23(2,3)21-20(28)18(19-15-6-4-5-7-17(15)32(30,31)26-19)22(29)27(21)12-13-8-9-16(24)14(10-13)11-25/h4-10,21,28H,12H2,1-3H3/t21-/m1/s1. The largest absolute Gasteiger partial charge is 0.509 e. The number of hydrogen-bond acceptors (Lipinski definition) is 5. The molecule has 0 spiro atoms. The van der Waals surface area contributed by atoms with Crippen LogP contribution in [0.2, 0.25) is 0 Å². The number of aliphatic hydroxyl groups is 1. The van der Waals surface area contributed by atoms with Gasteiger partial charge in [-0.3, -0.25) is 4.79 Å². The van der Waals surface area contributed by atoms with Crippen molar-refractivity contribution in [1.82, 2.24) is 4.90 Å². The summed E-state index contributed by atoms with van der Waals surface area (Å²) in [5.41, 5.74) is -0.264. The van der Waals surface area contributed by atoms with Crippen LogP contribution >= 0.6 is 0 Å². The van der Waals surface area contributed by atoms with E-state index in [4.69, 9.17) is 5.26 Å². The predicted molar refractivity (Wildman–Crippen MR) is 115 cm³/mol. The Bertz CT molecular complexity index is 1360. The molecule has 0 radical (unpaired) electrons. The molecule has 0 unspecified atom stereocenters. The van der Waals surface area contributed by atoms with Gasteiger partial charge < -0.3 is 10.0 Å². The van der Waals surface area contributed by atoms with Crippen LogP contribution < -0.4 is 0 Å². The van der Waals surface area contributed by atoms with Gasteiger partial charge in [-0.25, -0.2) is 4.39 Å². The summed E-state index contributed by atoms with van der Waals surface area (Å²) in [6, 6.07) is 11.1. The molecule has 2 aliphatic heterocycles. The molecule has 0 aliphatic carbocycles. The summed E-state index contributed by atoms with van der Waals surface area (Å²) in [5.74, 6) is -1.52. The highest BCUT2D eigenvalue weighted by Crippen LogP contribution is 2.40. The van der Waals surface area contributed by atoms with Crippen molar-refractivity contribution in [1.29, 1.82) is 5.26 Å². The predicted octanol–water partition coefficient (Wildman–Crippen LogP) is 3.46. The Hall–Kier alpha value is -3.51. The van der Waals surface area contributed by atoms with Gasteiger partial charge in [-0.1, -0.05) is 45.0 Å². The zero-order valence-electron chi connectivity index (χ0n) is 17.6. The number of carbonyl (C=O) groups excluding carboxylic acids is 1. The van der Waals surface area contributed by atoms with Crippen LogP contribution in [0.15, 0.2) is 63.1 Å². The molecule has 1 atom stereocenters. The maximum absolute atomic E-state index is 13.7. The minimum atomic E-state index is -3.99. The minimum Gasteiger partial charge on any atom is -0.509 e. The molecule has 0 bridgehead atoms. The van der Waals surface area contributed by atoms with E-state index in [9.17, 15) is 22.7 Å². The smallest absolute Gasteiger partial charge is 0.283 e. The molecule has 4 rings (SSSR count). The second-order valence-electron chi connectivity index (χ2n) is 8.80. The number of nitriles is 1. The van der Waals surface area contributed by atoms with E-state index in [1.165, 1.54) is 23.1 Å². The monoisotopic (exact) mass is 453 g/mol. The van der Waals surface area contributed by atoms with Gasteiger partial charge in [-0.2, -0.15) is 18.1 Å². The van der Waals surface area contributed by atoms with Crippen molar-refractivity contribution in [2.45, 2.75) is 38.3 Å². The first-order valence-corrected chi connectivity index (χ1v) is 11.3. The van der Waals surface area contributed by atoms with Gasteiger partial charge in [0.1, 0.15) is 28.9 Å². The number of halogens is 1. The van der Waals surface area contributed by atoms with Gasteiger partial charge in [0.15, 0.2) is 0 Å². The van der Waals surface area contributed by atoms with Gasteiger partial charge in [0, 0.05) is 12.1 Å². The zero-order valence-corrected chi connectivity index (χ0v) is 18.4. The van der Waals surface area contributed by atoms with Crippen molar-refractivity contribution in [3.8, 4) is 6.07 Å². The average Bonchev–Trinajstić information content (AvgIpc) is 3.13. The summed E-state index contributed by atoms with van der Waals surface area (Å²) in [6.45, 7) is 5.50. The number of sulfonamides is 1. The molecule has 9 heteroatoms. The van der Waals surface area contributed by atoms with Crippen LogP contribution in [0.1, 0.15) is 37.5 Å². The third-order valence-corrected chi connectivity index (χ3v) is 6.83.